The molecule has 2 rings (SSSR count). The zero-order valence-electron chi connectivity index (χ0n) is 10.1. The van der Waals surface area contributed by atoms with E-state index in [2.05, 4.69) is 4.98 Å². The average Bonchev–Trinajstić information content (AvgIpc) is 2.82. The van der Waals surface area contributed by atoms with Gasteiger partial charge in [0.2, 0.25) is 0 Å². The first kappa shape index (κ1) is 15.5. The molecular formula is C13H14Cl2N2O2. The van der Waals surface area contributed by atoms with Gasteiger partial charge in [0.15, 0.2) is 0 Å². The van der Waals surface area contributed by atoms with E-state index in [1.807, 2.05) is 29.0 Å². The van der Waals surface area contributed by atoms with Crippen molar-refractivity contribution in [1.29, 1.82) is 0 Å². The van der Waals surface area contributed by atoms with Crippen LogP contribution in [0.4, 0.5) is 0 Å². The van der Waals surface area contributed by atoms with Gasteiger partial charge in [-0.3, -0.25) is 4.79 Å². The fourth-order valence-corrected chi connectivity index (χ4v) is 1.97. The van der Waals surface area contributed by atoms with Gasteiger partial charge in [-0.1, -0.05) is 23.7 Å². The van der Waals surface area contributed by atoms with Crippen molar-refractivity contribution in [2.75, 3.05) is 0 Å². The van der Waals surface area contributed by atoms with Crippen LogP contribution < -0.4 is 0 Å². The largest absolute Gasteiger partial charge is 0.481 e. The molecule has 0 amide bonds. The molecule has 0 radical (unpaired) electrons. The van der Waals surface area contributed by atoms with Crippen LogP contribution in [-0.4, -0.2) is 20.6 Å². The fourth-order valence-electron chi connectivity index (χ4n) is 1.70. The summed E-state index contributed by atoms with van der Waals surface area (Å²) >= 11 is 6.18. The lowest BCUT2D eigenvalue weighted by atomic mass is 10.1. The van der Waals surface area contributed by atoms with Gasteiger partial charge in [0, 0.05) is 30.4 Å². The molecular weight excluding hydrogens is 287 g/mol. The molecule has 0 aliphatic heterocycles. The third-order valence-electron chi connectivity index (χ3n) is 2.66. The smallest absolute Gasteiger partial charge is 0.303 e. The van der Waals surface area contributed by atoms with E-state index in [0.717, 1.165) is 11.1 Å². The highest BCUT2D eigenvalue weighted by atomic mass is 35.5. The van der Waals surface area contributed by atoms with Crippen LogP contribution in [-0.2, 0) is 17.8 Å². The molecule has 102 valence electrons. The molecule has 0 saturated carbocycles. The predicted octanol–water partition coefficient (Wildman–Crippen LogP) is 3.02. The molecule has 0 spiro atoms. The summed E-state index contributed by atoms with van der Waals surface area (Å²) in [5.41, 5.74) is 1.94. The highest BCUT2D eigenvalue weighted by Crippen LogP contribution is 2.19. The molecule has 1 N–H and O–H groups in total. The van der Waals surface area contributed by atoms with Crippen molar-refractivity contribution in [1.82, 2.24) is 9.55 Å². The number of benzene rings is 1. The first-order valence-electron chi connectivity index (χ1n) is 5.60. The molecule has 0 aliphatic rings. The zero-order chi connectivity index (χ0) is 13.0. The summed E-state index contributed by atoms with van der Waals surface area (Å²) in [6, 6.07) is 5.68. The van der Waals surface area contributed by atoms with E-state index in [9.17, 15) is 4.79 Å². The molecule has 0 fully saturated rings. The lowest BCUT2D eigenvalue weighted by Crippen LogP contribution is -2.00. The van der Waals surface area contributed by atoms with Gasteiger partial charge in [-0.05, 0) is 23.6 Å². The van der Waals surface area contributed by atoms with Crippen LogP contribution in [0.1, 0.15) is 17.5 Å². The molecule has 1 aromatic heterocycles. The van der Waals surface area contributed by atoms with Crippen molar-refractivity contribution < 1.29 is 9.90 Å². The molecule has 1 aromatic carbocycles. The number of aryl methyl sites for hydroxylation is 1. The predicted molar refractivity (Wildman–Crippen MR) is 76.0 cm³/mol. The highest BCUT2D eigenvalue weighted by Gasteiger charge is 2.04. The van der Waals surface area contributed by atoms with Crippen molar-refractivity contribution in [2.45, 2.75) is 19.4 Å². The van der Waals surface area contributed by atoms with Gasteiger partial charge >= 0.3 is 5.97 Å². The first-order valence-corrected chi connectivity index (χ1v) is 5.98. The van der Waals surface area contributed by atoms with E-state index in [1.165, 1.54) is 0 Å². The molecule has 2 aromatic rings. The summed E-state index contributed by atoms with van der Waals surface area (Å²) in [4.78, 5) is 14.5. The number of nitrogens with zero attached hydrogens (tertiary/aromatic N) is 2. The molecule has 0 bridgehead atoms. The Bertz CT molecular complexity index is 542. The van der Waals surface area contributed by atoms with Gasteiger partial charge in [0.05, 0.1) is 6.33 Å². The number of carboxylic acid groups (broad SMARTS) is 1. The summed E-state index contributed by atoms with van der Waals surface area (Å²) in [5, 5.41) is 9.29. The SMILES string of the molecule is Cl.O=C(O)CCc1ccc(Cn2ccnc2)c(Cl)c1. The van der Waals surface area contributed by atoms with E-state index >= 15 is 0 Å². The fraction of sp³-hybridized carbons (Fsp3) is 0.231. The molecule has 0 atom stereocenters. The van der Waals surface area contributed by atoms with Crippen LogP contribution in [0.15, 0.2) is 36.9 Å². The van der Waals surface area contributed by atoms with Gasteiger partial charge in [-0.15, -0.1) is 12.4 Å². The van der Waals surface area contributed by atoms with Crippen LogP contribution in [0.5, 0.6) is 0 Å². The number of carboxylic acids is 1. The third kappa shape index (κ3) is 4.58. The summed E-state index contributed by atoms with van der Waals surface area (Å²) in [7, 11) is 0. The van der Waals surface area contributed by atoms with Crippen LogP contribution in [0.2, 0.25) is 5.02 Å². The first-order chi connectivity index (χ1) is 8.65. The number of carbonyl (C=O) groups is 1. The van der Waals surface area contributed by atoms with Gasteiger partial charge in [0.25, 0.3) is 0 Å². The van der Waals surface area contributed by atoms with Crippen LogP contribution in [0.25, 0.3) is 0 Å². The van der Waals surface area contributed by atoms with E-state index in [4.69, 9.17) is 16.7 Å². The molecule has 0 aliphatic carbocycles. The Morgan fingerprint density at radius 3 is 2.79 bits per heavy atom. The summed E-state index contributed by atoms with van der Waals surface area (Å²) in [6.45, 7) is 0.665. The monoisotopic (exact) mass is 300 g/mol. The third-order valence-corrected chi connectivity index (χ3v) is 3.01. The van der Waals surface area contributed by atoms with Crippen molar-refractivity contribution in [2.24, 2.45) is 0 Å². The van der Waals surface area contributed by atoms with Gasteiger partial charge < -0.3 is 9.67 Å². The number of hydrogen-bond donors (Lipinski definition) is 1. The zero-order valence-corrected chi connectivity index (χ0v) is 11.7. The normalized spacial score (nSPS) is 9.95. The number of halogens is 2. The van der Waals surface area contributed by atoms with Gasteiger partial charge in [0.1, 0.15) is 0 Å². The Morgan fingerprint density at radius 1 is 1.42 bits per heavy atom. The number of rotatable bonds is 5. The second-order valence-electron chi connectivity index (χ2n) is 4.05. The Balaban J connectivity index is 0.00000180. The minimum Gasteiger partial charge on any atom is -0.481 e. The van der Waals surface area contributed by atoms with E-state index < -0.39 is 5.97 Å². The van der Waals surface area contributed by atoms with Crippen molar-refractivity contribution in [3.63, 3.8) is 0 Å². The standard InChI is InChI=1S/C13H13ClN2O2.ClH/c14-12-7-10(2-4-13(17)18)1-3-11(12)8-16-6-5-15-9-16;/h1,3,5-7,9H,2,4,8H2,(H,17,18);1H. The van der Waals surface area contributed by atoms with E-state index in [1.54, 1.807) is 12.5 Å². The topological polar surface area (TPSA) is 55.1 Å². The molecule has 6 heteroatoms. The Labute approximate surface area is 122 Å². The second-order valence-corrected chi connectivity index (χ2v) is 4.46. The highest BCUT2D eigenvalue weighted by molar-refractivity contribution is 6.31. The van der Waals surface area contributed by atoms with E-state index in [0.29, 0.717) is 18.0 Å². The maximum absolute atomic E-state index is 10.5. The second kappa shape index (κ2) is 7.16. The van der Waals surface area contributed by atoms with Crippen LogP contribution in [0.3, 0.4) is 0 Å². The lowest BCUT2D eigenvalue weighted by Gasteiger charge is -2.07. The quantitative estimate of drug-likeness (QED) is 0.923. The Hall–Kier alpha value is -1.52. The van der Waals surface area contributed by atoms with Crippen LogP contribution in [0, 0.1) is 0 Å². The lowest BCUT2D eigenvalue weighted by molar-refractivity contribution is -0.136. The summed E-state index contributed by atoms with van der Waals surface area (Å²) in [5.74, 6) is -0.798. The minimum absolute atomic E-state index is 0. The number of hydrogen-bond acceptors (Lipinski definition) is 2. The number of aromatic nitrogens is 2. The minimum atomic E-state index is -0.798. The average molecular weight is 301 g/mol. The Kier molecular flexibility index (Phi) is 5.86. The molecule has 0 unspecified atom stereocenters. The molecule has 1 heterocycles. The van der Waals surface area contributed by atoms with Crippen molar-refractivity contribution in [3.8, 4) is 0 Å². The van der Waals surface area contributed by atoms with Gasteiger partial charge in [-0.25, -0.2) is 4.98 Å². The number of aliphatic carboxylic acids is 1. The maximum Gasteiger partial charge on any atom is 0.303 e. The molecule has 4 nitrogen and oxygen atoms in total. The Morgan fingerprint density at radius 2 is 2.21 bits per heavy atom. The van der Waals surface area contributed by atoms with E-state index in [-0.39, 0.29) is 18.8 Å². The number of imidazole rings is 1. The summed E-state index contributed by atoms with van der Waals surface area (Å²) < 4.78 is 1.93. The molecule has 19 heavy (non-hydrogen) atoms. The maximum atomic E-state index is 10.5. The molecule has 0 saturated heterocycles. The van der Waals surface area contributed by atoms with Gasteiger partial charge in [-0.2, -0.15) is 0 Å². The van der Waals surface area contributed by atoms with Crippen molar-refractivity contribution >= 4 is 30.0 Å². The van der Waals surface area contributed by atoms with Crippen LogP contribution >= 0.6 is 24.0 Å². The summed E-state index contributed by atoms with van der Waals surface area (Å²) in [6.07, 6.45) is 5.94. The van der Waals surface area contributed by atoms with Crippen molar-refractivity contribution in [3.05, 3.63) is 53.1 Å².